The van der Waals surface area contributed by atoms with Gasteiger partial charge in [0, 0.05) is 5.56 Å². The van der Waals surface area contributed by atoms with Gasteiger partial charge in [-0.15, -0.1) is 0 Å². The number of nitrogens with zero attached hydrogens (tertiary/aromatic N) is 1. The standard InChI is InChI=1S/C12H12ClNO2/c1-7-3-4-9(8(2)5-7)11-10(6-15)12(13)16-14-11/h3-5,15H,6H2,1-2H3. The molecule has 1 aromatic carbocycles. The van der Waals surface area contributed by atoms with Crippen LogP contribution in [0.15, 0.2) is 22.7 Å². The third-order valence-electron chi connectivity index (χ3n) is 2.54. The molecule has 0 aliphatic rings. The molecule has 3 nitrogen and oxygen atoms in total. The van der Waals surface area contributed by atoms with Crippen molar-refractivity contribution >= 4 is 11.6 Å². The molecule has 1 aromatic heterocycles. The maximum absolute atomic E-state index is 9.21. The number of rotatable bonds is 2. The number of aliphatic hydroxyl groups is 1. The van der Waals surface area contributed by atoms with Crippen LogP contribution in [-0.4, -0.2) is 10.3 Å². The summed E-state index contributed by atoms with van der Waals surface area (Å²) in [6, 6.07) is 6.00. The average molecular weight is 238 g/mol. The van der Waals surface area contributed by atoms with Gasteiger partial charge in [-0.2, -0.15) is 0 Å². The lowest BCUT2D eigenvalue weighted by atomic mass is 10.0. The molecule has 2 rings (SSSR count). The van der Waals surface area contributed by atoms with Crippen molar-refractivity contribution in [2.24, 2.45) is 0 Å². The first-order valence-corrected chi connectivity index (χ1v) is 5.34. The van der Waals surface area contributed by atoms with Crippen LogP contribution in [0.5, 0.6) is 0 Å². The monoisotopic (exact) mass is 237 g/mol. The quantitative estimate of drug-likeness (QED) is 0.873. The average Bonchev–Trinajstić information content (AvgIpc) is 2.59. The van der Waals surface area contributed by atoms with Crippen LogP contribution in [0.4, 0.5) is 0 Å². The first-order valence-electron chi connectivity index (χ1n) is 4.96. The van der Waals surface area contributed by atoms with Gasteiger partial charge in [0.2, 0.25) is 5.22 Å². The van der Waals surface area contributed by atoms with Gasteiger partial charge in [0.1, 0.15) is 5.69 Å². The van der Waals surface area contributed by atoms with Crippen molar-refractivity contribution in [1.29, 1.82) is 0 Å². The number of aliphatic hydroxyl groups excluding tert-OH is 1. The van der Waals surface area contributed by atoms with Crippen LogP contribution in [0, 0.1) is 13.8 Å². The van der Waals surface area contributed by atoms with E-state index in [4.69, 9.17) is 16.1 Å². The van der Waals surface area contributed by atoms with Gasteiger partial charge in [0.15, 0.2) is 0 Å². The van der Waals surface area contributed by atoms with Gasteiger partial charge in [0.25, 0.3) is 0 Å². The van der Waals surface area contributed by atoms with E-state index < -0.39 is 0 Å². The van der Waals surface area contributed by atoms with Gasteiger partial charge in [-0.1, -0.05) is 28.9 Å². The Balaban J connectivity index is 2.58. The summed E-state index contributed by atoms with van der Waals surface area (Å²) in [7, 11) is 0. The summed E-state index contributed by atoms with van der Waals surface area (Å²) in [5, 5.41) is 13.2. The summed E-state index contributed by atoms with van der Waals surface area (Å²) in [6.45, 7) is 3.84. The van der Waals surface area contributed by atoms with E-state index in [1.807, 2.05) is 26.0 Å². The Kier molecular flexibility index (Phi) is 2.99. The molecule has 2 aromatic rings. The Morgan fingerprint density at radius 2 is 2.12 bits per heavy atom. The first-order chi connectivity index (χ1) is 7.63. The molecule has 0 atom stereocenters. The van der Waals surface area contributed by atoms with Gasteiger partial charge in [-0.25, -0.2) is 0 Å². The summed E-state index contributed by atoms with van der Waals surface area (Å²) >= 11 is 5.79. The number of benzene rings is 1. The van der Waals surface area contributed by atoms with E-state index in [-0.39, 0.29) is 11.8 Å². The Morgan fingerprint density at radius 1 is 1.38 bits per heavy atom. The van der Waals surface area contributed by atoms with Crippen molar-refractivity contribution in [2.75, 3.05) is 0 Å². The summed E-state index contributed by atoms with van der Waals surface area (Å²) < 4.78 is 4.88. The molecule has 0 unspecified atom stereocenters. The molecule has 0 radical (unpaired) electrons. The normalized spacial score (nSPS) is 10.8. The number of halogens is 1. The lowest BCUT2D eigenvalue weighted by molar-refractivity contribution is 0.281. The van der Waals surface area contributed by atoms with Crippen molar-refractivity contribution < 1.29 is 9.63 Å². The Morgan fingerprint density at radius 3 is 2.75 bits per heavy atom. The van der Waals surface area contributed by atoms with Gasteiger partial charge in [0.05, 0.1) is 12.2 Å². The van der Waals surface area contributed by atoms with Crippen LogP contribution in [-0.2, 0) is 6.61 Å². The molecule has 0 saturated carbocycles. The zero-order valence-electron chi connectivity index (χ0n) is 9.12. The van der Waals surface area contributed by atoms with Crippen molar-refractivity contribution in [1.82, 2.24) is 5.16 Å². The first kappa shape index (κ1) is 11.2. The largest absolute Gasteiger partial charge is 0.391 e. The van der Waals surface area contributed by atoms with Crippen LogP contribution in [0.2, 0.25) is 5.22 Å². The molecule has 16 heavy (non-hydrogen) atoms. The molecule has 4 heteroatoms. The van der Waals surface area contributed by atoms with E-state index >= 15 is 0 Å². The predicted molar refractivity (Wildman–Crippen MR) is 62.3 cm³/mol. The molecule has 0 bridgehead atoms. The highest BCUT2D eigenvalue weighted by molar-refractivity contribution is 6.29. The van der Waals surface area contributed by atoms with Crippen molar-refractivity contribution in [2.45, 2.75) is 20.5 Å². The smallest absolute Gasteiger partial charge is 0.232 e. The highest BCUT2D eigenvalue weighted by Crippen LogP contribution is 2.30. The van der Waals surface area contributed by atoms with Crippen LogP contribution in [0.1, 0.15) is 16.7 Å². The van der Waals surface area contributed by atoms with Gasteiger partial charge in [-0.3, -0.25) is 0 Å². The van der Waals surface area contributed by atoms with E-state index in [0.29, 0.717) is 11.3 Å². The lowest BCUT2D eigenvalue weighted by Crippen LogP contribution is -1.90. The second-order valence-electron chi connectivity index (χ2n) is 3.76. The van der Waals surface area contributed by atoms with Crippen LogP contribution < -0.4 is 0 Å². The van der Waals surface area contributed by atoms with Crippen LogP contribution >= 0.6 is 11.6 Å². The topological polar surface area (TPSA) is 46.3 Å². The SMILES string of the molecule is Cc1ccc(-c2noc(Cl)c2CO)c(C)c1. The predicted octanol–water partition coefficient (Wildman–Crippen LogP) is 3.10. The van der Waals surface area contributed by atoms with Crippen LogP contribution in [0.3, 0.4) is 0 Å². The maximum Gasteiger partial charge on any atom is 0.232 e. The van der Waals surface area contributed by atoms with E-state index in [9.17, 15) is 5.11 Å². The second-order valence-corrected chi connectivity index (χ2v) is 4.10. The fraction of sp³-hybridized carbons (Fsp3) is 0.250. The van der Waals surface area contributed by atoms with Crippen molar-refractivity contribution in [3.8, 4) is 11.3 Å². The third-order valence-corrected chi connectivity index (χ3v) is 2.83. The van der Waals surface area contributed by atoms with Crippen molar-refractivity contribution in [3.05, 3.63) is 40.1 Å². The highest BCUT2D eigenvalue weighted by atomic mass is 35.5. The van der Waals surface area contributed by atoms with Gasteiger partial charge in [-0.05, 0) is 31.0 Å². The van der Waals surface area contributed by atoms with E-state index in [2.05, 4.69) is 11.2 Å². The number of aryl methyl sites for hydroxylation is 2. The highest BCUT2D eigenvalue weighted by Gasteiger charge is 2.16. The molecule has 0 amide bonds. The molecular weight excluding hydrogens is 226 g/mol. The minimum absolute atomic E-state index is 0.150. The molecule has 0 fully saturated rings. The number of aromatic nitrogens is 1. The number of hydrogen-bond acceptors (Lipinski definition) is 3. The molecule has 1 N–H and O–H groups in total. The van der Waals surface area contributed by atoms with E-state index in [1.165, 1.54) is 5.56 Å². The molecule has 0 aliphatic heterocycles. The third kappa shape index (κ3) is 1.84. The van der Waals surface area contributed by atoms with Gasteiger partial charge >= 0.3 is 0 Å². The molecule has 0 spiro atoms. The molecule has 84 valence electrons. The molecular formula is C12H12ClNO2. The van der Waals surface area contributed by atoms with E-state index in [0.717, 1.165) is 11.1 Å². The lowest BCUT2D eigenvalue weighted by Gasteiger charge is -2.04. The molecule has 0 saturated heterocycles. The summed E-state index contributed by atoms with van der Waals surface area (Å²) in [6.07, 6.45) is 0. The summed E-state index contributed by atoms with van der Waals surface area (Å²) in [5.74, 6) is 0. The van der Waals surface area contributed by atoms with E-state index in [1.54, 1.807) is 0 Å². The second kappa shape index (κ2) is 4.28. The zero-order chi connectivity index (χ0) is 11.7. The minimum Gasteiger partial charge on any atom is -0.391 e. The Hall–Kier alpha value is -1.32. The van der Waals surface area contributed by atoms with Gasteiger partial charge < -0.3 is 9.63 Å². The van der Waals surface area contributed by atoms with Crippen LogP contribution in [0.25, 0.3) is 11.3 Å². The summed E-state index contributed by atoms with van der Waals surface area (Å²) in [4.78, 5) is 0. The number of hydrogen-bond donors (Lipinski definition) is 1. The minimum atomic E-state index is -0.176. The summed E-state index contributed by atoms with van der Waals surface area (Å²) in [5.41, 5.74) is 4.35. The molecule has 0 aliphatic carbocycles. The maximum atomic E-state index is 9.21. The fourth-order valence-electron chi connectivity index (χ4n) is 1.72. The molecule has 1 heterocycles. The fourth-order valence-corrected chi connectivity index (χ4v) is 1.90. The Bertz CT molecular complexity index is 520. The Labute approximate surface area is 98.6 Å². The van der Waals surface area contributed by atoms with Crippen molar-refractivity contribution in [3.63, 3.8) is 0 Å². The zero-order valence-corrected chi connectivity index (χ0v) is 9.88.